The molecule has 1 aromatic rings. The number of rotatable bonds is 4. The number of benzene rings is 1. The number of hydrogen-bond donors (Lipinski definition) is 0. The monoisotopic (exact) mass is 312 g/mol. The van der Waals surface area contributed by atoms with E-state index in [0.717, 1.165) is 6.42 Å². The first-order valence-electron chi connectivity index (χ1n) is 5.87. The second-order valence-corrected chi connectivity index (χ2v) is 6.07. The molecule has 1 saturated carbocycles. The molecule has 0 aliphatic heterocycles. The zero-order valence-electron chi connectivity index (χ0n) is 11.0. The van der Waals surface area contributed by atoms with Crippen LogP contribution in [0.25, 0.3) is 0 Å². The molecular formula is C14H17BrO3. The van der Waals surface area contributed by atoms with Crippen LogP contribution in [0.3, 0.4) is 0 Å². The fourth-order valence-corrected chi connectivity index (χ4v) is 2.86. The van der Waals surface area contributed by atoms with Crippen LogP contribution in [0, 0.1) is 11.3 Å². The number of methoxy groups -OCH3 is 2. The van der Waals surface area contributed by atoms with E-state index < -0.39 is 0 Å². The van der Waals surface area contributed by atoms with E-state index in [4.69, 9.17) is 9.47 Å². The van der Waals surface area contributed by atoms with E-state index in [1.807, 2.05) is 0 Å². The standard InChI is InChI=1S/C14H17BrO3/c1-14(2)7-9(14)12(16)8-5-6-10(17-3)11(15)13(8)18-4/h5-6,9H,7H2,1-4H3. The first-order valence-corrected chi connectivity index (χ1v) is 6.66. The highest BCUT2D eigenvalue weighted by Crippen LogP contribution is 2.54. The molecule has 98 valence electrons. The van der Waals surface area contributed by atoms with Gasteiger partial charge in [0, 0.05) is 5.92 Å². The fraction of sp³-hybridized carbons (Fsp3) is 0.500. The average Bonchev–Trinajstić information content (AvgIpc) is 2.97. The molecule has 1 aromatic carbocycles. The molecule has 0 bridgehead atoms. The summed E-state index contributed by atoms with van der Waals surface area (Å²) in [6.45, 7) is 4.22. The molecule has 0 aromatic heterocycles. The predicted octanol–water partition coefficient (Wildman–Crippen LogP) is 3.70. The van der Waals surface area contributed by atoms with Gasteiger partial charge in [0.2, 0.25) is 0 Å². The molecule has 0 N–H and O–H groups in total. The summed E-state index contributed by atoms with van der Waals surface area (Å²) >= 11 is 3.42. The van der Waals surface area contributed by atoms with E-state index in [1.54, 1.807) is 26.4 Å². The van der Waals surface area contributed by atoms with Crippen molar-refractivity contribution >= 4 is 21.7 Å². The predicted molar refractivity (Wildman–Crippen MR) is 73.5 cm³/mol. The van der Waals surface area contributed by atoms with Gasteiger partial charge in [-0.1, -0.05) is 13.8 Å². The van der Waals surface area contributed by atoms with Gasteiger partial charge < -0.3 is 9.47 Å². The van der Waals surface area contributed by atoms with E-state index in [-0.39, 0.29) is 17.1 Å². The summed E-state index contributed by atoms with van der Waals surface area (Å²) in [6.07, 6.45) is 0.943. The molecule has 0 saturated heterocycles. The Bertz CT molecular complexity index is 494. The quantitative estimate of drug-likeness (QED) is 0.795. The van der Waals surface area contributed by atoms with Gasteiger partial charge in [0.25, 0.3) is 0 Å². The molecule has 1 aliphatic carbocycles. The van der Waals surface area contributed by atoms with Gasteiger partial charge in [-0.15, -0.1) is 0 Å². The zero-order chi connectivity index (χ0) is 13.5. The van der Waals surface area contributed by atoms with E-state index in [1.165, 1.54) is 0 Å². The minimum atomic E-state index is 0.103. The molecule has 1 fully saturated rings. The molecule has 2 rings (SSSR count). The van der Waals surface area contributed by atoms with Gasteiger partial charge in [-0.3, -0.25) is 4.79 Å². The van der Waals surface area contributed by atoms with Crippen molar-refractivity contribution < 1.29 is 14.3 Å². The summed E-state index contributed by atoms with van der Waals surface area (Å²) in [4.78, 5) is 12.4. The SMILES string of the molecule is COc1ccc(C(=O)C2CC2(C)C)c(OC)c1Br. The zero-order valence-corrected chi connectivity index (χ0v) is 12.6. The molecule has 3 nitrogen and oxygen atoms in total. The number of ketones is 1. The van der Waals surface area contributed by atoms with Gasteiger partial charge in [0.15, 0.2) is 5.78 Å². The van der Waals surface area contributed by atoms with Crippen LogP contribution in [0.1, 0.15) is 30.6 Å². The van der Waals surface area contributed by atoms with Crippen LogP contribution in [0.4, 0.5) is 0 Å². The second-order valence-electron chi connectivity index (χ2n) is 5.27. The van der Waals surface area contributed by atoms with Crippen LogP contribution in [-0.4, -0.2) is 20.0 Å². The van der Waals surface area contributed by atoms with Crippen molar-refractivity contribution in [2.45, 2.75) is 20.3 Å². The highest BCUT2D eigenvalue weighted by molar-refractivity contribution is 9.10. The number of halogens is 1. The van der Waals surface area contributed by atoms with E-state index >= 15 is 0 Å². The lowest BCUT2D eigenvalue weighted by Gasteiger charge is -2.13. The van der Waals surface area contributed by atoms with Crippen LogP contribution >= 0.6 is 15.9 Å². The van der Waals surface area contributed by atoms with E-state index in [0.29, 0.717) is 21.5 Å². The smallest absolute Gasteiger partial charge is 0.170 e. The van der Waals surface area contributed by atoms with Gasteiger partial charge in [0.1, 0.15) is 16.0 Å². The molecule has 0 radical (unpaired) electrons. The topological polar surface area (TPSA) is 35.5 Å². The highest BCUT2D eigenvalue weighted by Gasteiger charge is 2.51. The van der Waals surface area contributed by atoms with Gasteiger partial charge in [-0.25, -0.2) is 0 Å². The van der Waals surface area contributed by atoms with Gasteiger partial charge in [-0.2, -0.15) is 0 Å². The number of Topliss-reactive ketones (excluding diaryl/α,β-unsaturated/α-hetero) is 1. The van der Waals surface area contributed by atoms with Crippen LogP contribution < -0.4 is 9.47 Å². The molecule has 1 aliphatic rings. The summed E-state index contributed by atoms with van der Waals surface area (Å²) in [5.74, 6) is 1.48. The Morgan fingerprint density at radius 2 is 1.94 bits per heavy atom. The molecule has 1 unspecified atom stereocenters. The van der Waals surface area contributed by atoms with Crippen molar-refractivity contribution in [3.8, 4) is 11.5 Å². The maximum absolute atomic E-state index is 12.4. The third kappa shape index (κ3) is 2.14. The van der Waals surface area contributed by atoms with Crippen LogP contribution in [-0.2, 0) is 0 Å². The lowest BCUT2D eigenvalue weighted by atomic mass is 10.0. The Balaban J connectivity index is 2.40. The number of carbonyl (C=O) groups is 1. The third-order valence-electron chi connectivity index (χ3n) is 3.58. The summed E-state index contributed by atoms with van der Waals surface area (Å²) < 4.78 is 11.2. The van der Waals surface area contributed by atoms with Crippen LogP contribution in [0.15, 0.2) is 16.6 Å². The van der Waals surface area contributed by atoms with Crippen LogP contribution in [0.2, 0.25) is 0 Å². The maximum Gasteiger partial charge on any atom is 0.170 e. The molecule has 0 amide bonds. The Hall–Kier alpha value is -1.03. The maximum atomic E-state index is 12.4. The van der Waals surface area contributed by atoms with Crippen molar-refractivity contribution in [2.75, 3.05) is 14.2 Å². The lowest BCUT2D eigenvalue weighted by molar-refractivity contribution is 0.0950. The summed E-state index contributed by atoms with van der Waals surface area (Å²) in [7, 11) is 3.15. The summed E-state index contributed by atoms with van der Waals surface area (Å²) in [5, 5.41) is 0. The Labute approximate surface area is 116 Å². The average molecular weight is 313 g/mol. The van der Waals surface area contributed by atoms with E-state index in [9.17, 15) is 4.79 Å². The number of carbonyl (C=O) groups excluding carboxylic acids is 1. The van der Waals surface area contributed by atoms with Crippen molar-refractivity contribution in [2.24, 2.45) is 11.3 Å². The van der Waals surface area contributed by atoms with Crippen molar-refractivity contribution in [1.82, 2.24) is 0 Å². The summed E-state index contributed by atoms with van der Waals surface area (Å²) in [6, 6.07) is 3.56. The van der Waals surface area contributed by atoms with Crippen molar-refractivity contribution in [1.29, 1.82) is 0 Å². The minimum Gasteiger partial charge on any atom is -0.495 e. The normalized spacial score (nSPS) is 20.4. The highest BCUT2D eigenvalue weighted by atomic mass is 79.9. The lowest BCUT2D eigenvalue weighted by Crippen LogP contribution is -2.09. The second kappa shape index (κ2) is 4.57. The molecule has 0 spiro atoms. The fourth-order valence-electron chi connectivity index (χ4n) is 2.19. The Kier molecular flexibility index (Phi) is 3.41. The molecule has 1 atom stereocenters. The van der Waals surface area contributed by atoms with Gasteiger partial charge >= 0.3 is 0 Å². The largest absolute Gasteiger partial charge is 0.495 e. The minimum absolute atomic E-state index is 0.103. The van der Waals surface area contributed by atoms with Gasteiger partial charge in [0.05, 0.1) is 19.8 Å². The first-order chi connectivity index (χ1) is 8.42. The Morgan fingerprint density at radius 3 is 2.39 bits per heavy atom. The molecular weight excluding hydrogens is 296 g/mol. The van der Waals surface area contributed by atoms with Gasteiger partial charge in [-0.05, 0) is 39.9 Å². The van der Waals surface area contributed by atoms with E-state index in [2.05, 4.69) is 29.8 Å². The van der Waals surface area contributed by atoms with Crippen molar-refractivity contribution in [3.63, 3.8) is 0 Å². The number of ether oxygens (including phenoxy) is 2. The molecule has 0 heterocycles. The number of hydrogen-bond acceptors (Lipinski definition) is 3. The summed E-state index contributed by atoms with van der Waals surface area (Å²) in [5.41, 5.74) is 0.745. The molecule has 18 heavy (non-hydrogen) atoms. The molecule has 4 heteroatoms. The first kappa shape index (κ1) is 13.4. The van der Waals surface area contributed by atoms with Crippen LogP contribution in [0.5, 0.6) is 11.5 Å². The Morgan fingerprint density at radius 1 is 1.33 bits per heavy atom. The third-order valence-corrected chi connectivity index (χ3v) is 4.33. The van der Waals surface area contributed by atoms with Crippen molar-refractivity contribution in [3.05, 3.63) is 22.2 Å².